The fraction of sp³-hybridized carbons (Fsp3) is 0.381. The second kappa shape index (κ2) is 10.8. The molecule has 2 N–H and O–H groups in total. The minimum atomic E-state index is -3.71. The maximum Gasteiger partial charge on any atom is 0.191 e. The van der Waals surface area contributed by atoms with Crippen LogP contribution in [-0.2, 0) is 16.3 Å². The van der Waals surface area contributed by atoms with Crippen LogP contribution in [0.3, 0.4) is 0 Å². The predicted molar refractivity (Wildman–Crippen MR) is 112 cm³/mol. The van der Waals surface area contributed by atoms with Crippen LogP contribution >= 0.6 is 0 Å². The van der Waals surface area contributed by atoms with E-state index in [0.717, 1.165) is 18.9 Å². The highest BCUT2D eigenvalue weighted by Gasteiger charge is 2.18. The maximum atomic E-state index is 13.7. The molecule has 0 spiro atoms. The van der Waals surface area contributed by atoms with Crippen LogP contribution in [0.4, 0.5) is 4.39 Å². The zero-order chi connectivity index (χ0) is 20.4. The van der Waals surface area contributed by atoms with Gasteiger partial charge in [-0.05, 0) is 44.4 Å². The Kier molecular flexibility index (Phi) is 8.44. The van der Waals surface area contributed by atoms with E-state index in [1.54, 1.807) is 0 Å². The van der Waals surface area contributed by atoms with Crippen LogP contribution < -0.4 is 10.6 Å². The molecule has 2 rings (SSSR count). The third-order valence-corrected chi connectivity index (χ3v) is 5.96. The first kappa shape index (κ1) is 21.9. The number of nitrogens with one attached hydrogen (secondary N) is 2. The van der Waals surface area contributed by atoms with Crippen molar-refractivity contribution in [3.63, 3.8) is 0 Å². The Morgan fingerprint density at radius 1 is 1.11 bits per heavy atom. The predicted octanol–water partition coefficient (Wildman–Crippen LogP) is 3.18. The van der Waals surface area contributed by atoms with E-state index in [-0.39, 0.29) is 23.2 Å². The minimum absolute atomic E-state index is 0.0530. The van der Waals surface area contributed by atoms with E-state index in [1.165, 1.54) is 23.8 Å². The van der Waals surface area contributed by atoms with Gasteiger partial charge in [-0.1, -0.05) is 42.5 Å². The molecule has 28 heavy (non-hydrogen) atoms. The number of rotatable bonds is 9. The van der Waals surface area contributed by atoms with Crippen molar-refractivity contribution in [2.24, 2.45) is 4.99 Å². The van der Waals surface area contributed by atoms with Gasteiger partial charge in [0.15, 0.2) is 15.8 Å². The van der Waals surface area contributed by atoms with Crippen LogP contribution in [0.15, 0.2) is 64.5 Å². The molecule has 2 aromatic carbocycles. The number of hydrogen-bond donors (Lipinski definition) is 2. The molecule has 0 aromatic heterocycles. The van der Waals surface area contributed by atoms with Crippen molar-refractivity contribution in [2.45, 2.75) is 37.6 Å². The molecular formula is C21H28FN3O2S. The number of aliphatic imine (C=N–C) groups is 1. The zero-order valence-electron chi connectivity index (χ0n) is 16.4. The molecule has 5 nitrogen and oxygen atoms in total. The fourth-order valence-corrected chi connectivity index (χ4v) is 3.94. The molecule has 0 radical (unpaired) electrons. The van der Waals surface area contributed by atoms with Crippen LogP contribution in [0.5, 0.6) is 0 Å². The van der Waals surface area contributed by atoms with Gasteiger partial charge in [-0.2, -0.15) is 0 Å². The topological polar surface area (TPSA) is 70.6 Å². The molecule has 0 aliphatic heterocycles. The minimum Gasteiger partial charge on any atom is -0.357 e. The van der Waals surface area contributed by atoms with E-state index >= 15 is 0 Å². The van der Waals surface area contributed by atoms with E-state index in [1.807, 2.05) is 25.1 Å². The van der Waals surface area contributed by atoms with Gasteiger partial charge in [0.1, 0.15) is 10.7 Å². The summed E-state index contributed by atoms with van der Waals surface area (Å²) in [6.07, 6.45) is 1.86. The van der Waals surface area contributed by atoms with Gasteiger partial charge in [0.25, 0.3) is 0 Å². The summed E-state index contributed by atoms with van der Waals surface area (Å²) >= 11 is 0. The third kappa shape index (κ3) is 6.96. The normalized spacial score (nSPS) is 13.2. The van der Waals surface area contributed by atoms with E-state index in [2.05, 4.69) is 34.7 Å². The van der Waals surface area contributed by atoms with Crippen LogP contribution in [-0.4, -0.2) is 39.3 Å². The molecule has 0 fully saturated rings. The first-order chi connectivity index (χ1) is 13.4. The summed E-state index contributed by atoms with van der Waals surface area (Å²) in [7, 11) is -3.71. The van der Waals surface area contributed by atoms with Crippen molar-refractivity contribution < 1.29 is 12.8 Å². The number of hydrogen-bond acceptors (Lipinski definition) is 3. The van der Waals surface area contributed by atoms with Crippen molar-refractivity contribution in [3.8, 4) is 0 Å². The van der Waals surface area contributed by atoms with Crippen molar-refractivity contribution in [3.05, 3.63) is 66.0 Å². The number of benzene rings is 2. The zero-order valence-corrected chi connectivity index (χ0v) is 17.2. The monoisotopic (exact) mass is 405 g/mol. The molecule has 0 amide bonds. The van der Waals surface area contributed by atoms with Crippen LogP contribution in [0.25, 0.3) is 0 Å². The first-order valence-electron chi connectivity index (χ1n) is 9.48. The summed E-state index contributed by atoms with van der Waals surface area (Å²) in [5.41, 5.74) is 1.27. The maximum absolute atomic E-state index is 13.7. The number of halogens is 1. The molecular weight excluding hydrogens is 377 g/mol. The largest absolute Gasteiger partial charge is 0.357 e. The van der Waals surface area contributed by atoms with Crippen LogP contribution in [0, 0.1) is 5.82 Å². The molecule has 1 atom stereocenters. The summed E-state index contributed by atoms with van der Waals surface area (Å²) in [6, 6.07) is 15.8. The van der Waals surface area contributed by atoms with Gasteiger partial charge in [0.2, 0.25) is 0 Å². The number of sulfone groups is 1. The summed E-state index contributed by atoms with van der Waals surface area (Å²) in [6.45, 7) is 4.72. The molecule has 7 heteroatoms. The Hall–Kier alpha value is -2.41. The van der Waals surface area contributed by atoms with Gasteiger partial charge in [0.05, 0.1) is 12.3 Å². The van der Waals surface area contributed by atoms with Crippen molar-refractivity contribution in [2.75, 3.05) is 18.8 Å². The summed E-state index contributed by atoms with van der Waals surface area (Å²) in [5.74, 6) is -0.416. The van der Waals surface area contributed by atoms with Crippen molar-refractivity contribution in [1.29, 1.82) is 0 Å². The molecule has 2 aromatic rings. The lowest BCUT2D eigenvalue weighted by molar-refractivity contribution is 0.566. The summed E-state index contributed by atoms with van der Waals surface area (Å²) in [4.78, 5) is 4.06. The second-order valence-corrected chi connectivity index (χ2v) is 8.66. The molecule has 0 bridgehead atoms. The molecule has 0 saturated carbocycles. The third-order valence-electron chi connectivity index (χ3n) is 4.24. The SMILES string of the molecule is CCNC(=NCCS(=O)(=O)c1ccccc1F)NC(C)CCc1ccccc1. The Morgan fingerprint density at radius 3 is 2.46 bits per heavy atom. The Morgan fingerprint density at radius 2 is 1.79 bits per heavy atom. The van der Waals surface area contributed by atoms with Gasteiger partial charge >= 0.3 is 0 Å². The summed E-state index contributed by atoms with van der Waals surface area (Å²) < 4.78 is 38.4. The van der Waals surface area contributed by atoms with E-state index < -0.39 is 15.7 Å². The van der Waals surface area contributed by atoms with Gasteiger partial charge in [0, 0.05) is 12.6 Å². The number of guanidine groups is 1. The average molecular weight is 406 g/mol. The standard InChI is InChI=1S/C21H28FN3O2S/c1-3-23-21(25-17(2)13-14-18-9-5-4-6-10-18)24-15-16-28(26,27)20-12-8-7-11-19(20)22/h4-12,17H,3,13-16H2,1-2H3,(H2,23,24,25). The lowest BCUT2D eigenvalue weighted by Gasteiger charge is -2.18. The van der Waals surface area contributed by atoms with E-state index in [0.29, 0.717) is 12.5 Å². The molecule has 0 aliphatic rings. The van der Waals surface area contributed by atoms with Crippen molar-refractivity contribution >= 4 is 15.8 Å². The average Bonchev–Trinajstić information content (AvgIpc) is 2.67. The Labute approximate surface area is 167 Å². The quantitative estimate of drug-likeness (QED) is 0.497. The second-order valence-electron chi connectivity index (χ2n) is 6.58. The Balaban J connectivity index is 1.91. The highest BCUT2D eigenvalue weighted by atomic mass is 32.2. The smallest absolute Gasteiger partial charge is 0.191 e. The van der Waals surface area contributed by atoms with E-state index in [4.69, 9.17) is 0 Å². The van der Waals surface area contributed by atoms with Crippen LogP contribution in [0.2, 0.25) is 0 Å². The molecule has 0 heterocycles. The molecule has 0 aliphatic carbocycles. The lowest BCUT2D eigenvalue weighted by Crippen LogP contribution is -2.42. The van der Waals surface area contributed by atoms with Gasteiger partial charge in [-0.15, -0.1) is 0 Å². The highest BCUT2D eigenvalue weighted by Crippen LogP contribution is 2.15. The van der Waals surface area contributed by atoms with Gasteiger partial charge in [-0.25, -0.2) is 12.8 Å². The van der Waals surface area contributed by atoms with E-state index in [9.17, 15) is 12.8 Å². The molecule has 152 valence electrons. The highest BCUT2D eigenvalue weighted by molar-refractivity contribution is 7.91. The van der Waals surface area contributed by atoms with Gasteiger partial charge < -0.3 is 10.6 Å². The number of nitrogens with zero attached hydrogens (tertiary/aromatic N) is 1. The lowest BCUT2D eigenvalue weighted by atomic mass is 10.1. The molecule has 1 unspecified atom stereocenters. The number of aryl methyl sites for hydroxylation is 1. The Bertz CT molecular complexity index is 870. The fourth-order valence-electron chi connectivity index (χ4n) is 2.74. The molecule has 0 saturated heterocycles. The van der Waals surface area contributed by atoms with Gasteiger partial charge in [-0.3, -0.25) is 4.99 Å². The van der Waals surface area contributed by atoms with Crippen LogP contribution in [0.1, 0.15) is 25.8 Å². The first-order valence-corrected chi connectivity index (χ1v) is 11.1. The van der Waals surface area contributed by atoms with Crippen molar-refractivity contribution in [1.82, 2.24) is 10.6 Å². The summed E-state index contributed by atoms with van der Waals surface area (Å²) in [5, 5.41) is 6.41.